The molecule has 0 saturated heterocycles. The molecule has 0 spiro atoms. The van der Waals surface area contributed by atoms with Crippen LogP contribution in [0.5, 0.6) is 17.2 Å². The molecule has 0 saturated carbocycles. The zero-order chi connectivity index (χ0) is 15.5. The van der Waals surface area contributed by atoms with E-state index in [4.69, 9.17) is 9.47 Å². The van der Waals surface area contributed by atoms with Gasteiger partial charge in [-0.2, -0.15) is 0 Å². The smallest absolute Gasteiger partial charge is 0.132 e. The first-order valence-electron chi connectivity index (χ1n) is 7.40. The number of hydrogen-bond acceptors (Lipinski definition) is 4. The summed E-state index contributed by atoms with van der Waals surface area (Å²) in [6.45, 7) is 1.06. The maximum Gasteiger partial charge on any atom is 0.132 e. The number of hydrogen-bond donors (Lipinski definition) is 0. The van der Waals surface area contributed by atoms with Crippen LogP contribution in [0.4, 0.5) is 0 Å². The molecule has 0 fully saturated rings. The molecule has 1 unspecified atom stereocenters. The van der Waals surface area contributed by atoms with E-state index in [1.165, 1.54) is 11.1 Å². The highest BCUT2D eigenvalue weighted by Gasteiger charge is 2.27. The molecule has 2 aromatic rings. The summed E-state index contributed by atoms with van der Waals surface area (Å²) >= 11 is 1.95. The van der Waals surface area contributed by atoms with E-state index in [-0.39, 0.29) is 5.25 Å². The molecule has 4 heteroatoms. The number of benzene rings is 2. The Hall–Kier alpha value is -1.65. The molecule has 0 aromatic heterocycles. The summed E-state index contributed by atoms with van der Waals surface area (Å²) in [6, 6.07) is 14.4. The van der Waals surface area contributed by atoms with Crippen LogP contribution in [0.3, 0.4) is 0 Å². The van der Waals surface area contributed by atoms with E-state index < -0.39 is 0 Å². The van der Waals surface area contributed by atoms with Gasteiger partial charge in [0.2, 0.25) is 0 Å². The lowest BCUT2D eigenvalue weighted by Crippen LogP contribution is -2.16. The van der Waals surface area contributed by atoms with E-state index in [1.807, 2.05) is 36.0 Å². The molecule has 0 bridgehead atoms. The molecule has 0 amide bonds. The molecule has 1 heterocycles. The fourth-order valence-corrected chi connectivity index (χ4v) is 4.00. The first-order valence-corrected chi connectivity index (χ1v) is 8.45. The van der Waals surface area contributed by atoms with Crippen molar-refractivity contribution in [3.63, 3.8) is 0 Å². The average Bonchev–Trinajstić information content (AvgIpc) is 2.53. The maximum absolute atomic E-state index is 6.06. The summed E-state index contributed by atoms with van der Waals surface area (Å²) in [6.07, 6.45) is 0. The minimum atomic E-state index is 0.287. The zero-order valence-corrected chi connectivity index (χ0v) is 14.0. The Kier molecular flexibility index (Phi) is 4.60. The van der Waals surface area contributed by atoms with Crippen LogP contribution in [-0.2, 0) is 0 Å². The standard InChI is InChI=1S/C18H21NO2S/c1-19(2)10-11-22-18-14-6-4-5-7-16(14)21-17-9-8-13(20-3)12-15(17)18/h4-9,12,18H,10-11H2,1-3H3. The topological polar surface area (TPSA) is 21.7 Å². The minimum Gasteiger partial charge on any atom is -0.497 e. The van der Waals surface area contributed by atoms with Gasteiger partial charge in [0.25, 0.3) is 0 Å². The number of para-hydroxylation sites is 1. The van der Waals surface area contributed by atoms with Gasteiger partial charge in [-0.25, -0.2) is 0 Å². The maximum atomic E-state index is 6.06. The molecular weight excluding hydrogens is 294 g/mol. The van der Waals surface area contributed by atoms with Crippen LogP contribution in [0.15, 0.2) is 42.5 Å². The summed E-state index contributed by atoms with van der Waals surface area (Å²) < 4.78 is 11.4. The molecule has 0 radical (unpaired) electrons. The van der Waals surface area contributed by atoms with Crippen molar-refractivity contribution < 1.29 is 9.47 Å². The molecule has 22 heavy (non-hydrogen) atoms. The third-order valence-corrected chi connectivity index (χ3v) is 5.00. The fourth-order valence-electron chi connectivity index (χ4n) is 2.56. The van der Waals surface area contributed by atoms with Crippen molar-refractivity contribution >= 4 is 11.8 Å². The summed E-state index contributed by atoms with van der Waals surface area (Å²) in [7, 11) is 5.92. The van der Waals surface area contributed by atoms with Crippen molar-refractivity contribution in [1.29, 1.82) is 0 Å². The predicted molar refractivity (Wildman–Crippen MR) is 92.4 cm³/mol. The Bertz CT molecular complexity index is 657. The van der Waals surface area contributed by atoms with E-state index in [0.29, 0.717) is 0 Å². The van der Waals surface area contributed by atoms with Crippen molar-refractivity contribution in [2.45, 2.75) is 5.25 Å². The summed E-state index contributed by atoms with van der Waals surface area (Å²) in [5.41, 5.74) is 2.44. The summed E-state index contributed by atoms with van der Waals surface area (Å²) in [5, 5.41) is 0.287. The summed E-state index contributed by atoms with van der Waals surface area (Å²) in [4.78, 5) is 2.21. The van der Waals surface area contributed by atoms with Crippen LogP contribution in [0, 0.1) is 0 Å². The van der Waals surface area contributed by atoms with Crippen LogP contribution < -0.4 is 9.47 Å². The highest BCUT2D eigenvalue weighted by Crippen LogP contribution is 2.50. The van der Waals surface area contributed by atoms with E-state index in [9.17, 15) is 0 Å². The summed E-state index contributed by atoms with van der Waals surface area (Å²) in [5.74, 6) is 3.84. The van der Waals surface area contributed by atoms with Crippen molar-refractivity contribution in [3.8, 4) is 17.2 Å². The van der Waals surface area contributed by atoms with Crippen molar-refractivity contribution in [2.75, 3.05) is 33.5 Å². The predicted octanol–water partition coefficient (Wildman–Crippen LogP) is 4.19. The van der Waals surface area contributed by atoms with Crippen molar-refractivity contribution in [3.05, 3.63) is 53.6 Å². The lowest BCUT2D eigenvalue weighted by molar-refractivity contribution is 0.410. The van der Waals surface area contributed by atoms with Crippen LogP contribution in [-0.4, -0.2) is 38.4 Å². The highest BCUT2D eigenvalue weighted by molar-refractivity contribution is 7.99. The van der Waals surface area contributed by atoms with Gasteiger partial charge in [-0.15, -0.1) is 11.8 Å². The van der Waals surface area contributed by atoms with E-state index >= 15 is 0 Å². The lowest BCUT2D eigenvalue weighted by Gasteiger charge is -2.28. The Labute approximate surface area is 136 Å². The third-order valence-electron chi connectivity index (χ3n) is 3.74. The quantitative estimate of drug-likeness (QED) is 0.825. The third kappa shape index (κ3) is 3.08. The second-order valence-corrected chi connectivity index (χ2v) is 6.81. The second kappa shape index (κ2) is 6.63. The van der Waals surface area contributed by atoms with Gasteiger partial charge in [-0.1, -0.05) is 18.2 Å². The fraction of sp³-hybridized carbons (Fsp3) is 0.333. The molecular formula is C18H21NO2S. The zero-order valence-electron chi connectivity index (χ0n) is 13.2. The number of ether oxygens (including phenoxy) is 2. The molecule has 3 rings (SSSR count). The molecule has 0 N–H and O–H groups in total. The molecule has 1 aliphatic rings. The molecule has 2 aromatic carbocycles. The highest BCUT2D eigenvalue weighted by atomic mass is 32.2. The molecule has 0 aliphatic carbocycles. The Morgan fingerprint density at radius 3 is 2.64 bits per heavy atom. The van der Waals surface area contributed by atoms with Crippen molar-refractivity contribution in [1.82, 2.24) is 4.90 Å². The number of methoxy groups -OCH3 is 1. The Balaban J connectivity index is 1.95. The van der Waals surface area contributed by atoms with Crippen LogP contribution >= 0.6 is 11.8 Å². The minimum absolute atomic E-state index is 0.287. The van der Waals surface area contributed by atoms with Gasteiger partial charge in [-0.3, -0.25) is 0 Å². The number of nitrogens with zero attached hydrogens (tertiary/aromatic N) is 1. The lowest BCUT2D eigenvalue weighted by atomic mass is 9.99. The Morgan fingerprint density at radius 2 is 1.86 bits per heavy atom. The van der Waals surface area contributed by atoms with E-state index in [0.717, 1.165) is 29.5 Å². The van der Waals surface area contributed by atoms with Gasteiger partial charge in [0.05, 0.1) is 12.4 Å². The van der Waals surface area contributed by atoms with Crippen molar-refractivity contribution in [2.24, 2.45) is 0 Å². The Morgan fingerprint density at radius 1 is 1.09 bits per heavy atom. The van der Waals surface area contributed by atoms with Gasteiger partial charge in [0, 0.05) is 23.4 Å². The normalized spacial score (nSPS) is 15.9. The largest absolute Gasteiger partial charge is 0.497 e. The first kappa shape index (κ1) is 15.3. The van der Waals surface area contributed by atoms with E-state index in [1.54, 1.807) is 7.11 Å². The van der Waals surface area contributed by atoms with Crippen LogP contribution in [0.2, 0.25) is 0 Å². The monoisotopic (exact) mass is 315 g/mol. The van der Waals surface area contributed by atoms with Gasteiger partial charge < -0.3 is 14.4 Å². The van der Waals surface area contributed by atoms with Gasteiger partial charge in [0.15, 0.2) is 0 Å². The van der Waals surface area contributed by atoms with Crippen LogP contribution in [0.1, 0.15) is 16.4 Å². The first-order chi connectivity index (χ1) is 10.7. The van der Waals surface area contributed by atoms with Gasteiger partial charge in [0.1, 0.15) is 17.2 Å². The average molecular weight is 315 g/mol. The molecule has 3 nitrogen and oxygen atoms in total. The number of rotatable bonds is 5. The molecule has 116 valence electrons. The SMILES string of the molecule is COc1ccc2c(c1)C(SCCN(C)C)c1ccccc1O2. The van der Waals surface area contributed by atoms with Gasteiger partial charge >= 0.3 is 0 Å². The van der Waals surface area contributed by atoms with Crippen LogP contribution in [0.25, 0.3) is 0 Å². The molecule has 1 aliphatic heterocycles. The van der Waals surface area contributed by atoms with E-state index in [2.05, 4.69) is 37.2 Å². The van der Waals surface area contributed by atoms with Gasteiger partial charge in [-0.05, 0) is 38.4 Å². The number of thioether (sulfide) groups is 1. The second-order valence-electron chi connectivity index (χ2n) is 5.60. The molecule has 1 atom stereocenters. The number of fused-ring (bicyclic) bond motifs is 2.